The molecule has 0 N–H and O–H groups in total. The summed E-state index contributed by atoms with van der Waals surface area (Å²) in [6.07, 6.45) is 5.05. The van der Waals surface area contributed by atoms with Crippen LogP contribution in [0.15, 0.2) is 58.5 Å². The highest BCUT2D eigenvalue weighted by Crippen LogP contribution is 2.32. The molecular weight excluding hydrogens is 376 g/mol. The third-order valence-electron chi connectivity index (χ3n) is 4.32. The number of fused-ring (bicyclic) bond motifs is 1. The van der Waals surface area contributed by atoms with E-state index in [1.54, 1.807) is 28.6 Å². The number of carbonyl (C=O) groups is 1. The maximum Gasteiger partial charge on any atom is 0.253 e. The second-order valence-electron chi connectivity index (χ2n) is 6.25. The zero-order valence-electron chi connectivity index (χ0n) is 15.0. The van der Waals surface area contributed by atoms with E-state index in [9.17, 15) is 4.79 Å². The summed E-state index contributed by atoms with van der Waals surface area (Å²) >= 11 is 3.12. The normalized spacial score (nSPS) is 11.5. The minimum absolute atomic E-state index is 0.118. The van der Waals surface area contributed by atoms with Crippen LogP contribution in [-0.2, 0) is 11.3 Å². The smallest absolute Gasteiger partial charge is 0.253 e. The minimum Gasteiger partial charge on any atom is -0.467 e. The summed E-state index contributed by atoms with van der Waals surface area (Å²) in [4.78, 5) is 20.4. The summed E-state index contributed by atoms with van der Waals surface area (Å²) in [6, 6.07) is 11.8. The van der Waals surface area contributed by atoms with Crippen molar-refractivity contribution in [2.45, 2.75) is 20.4 Å². The van der Waals surface area contributed by atoms with Crippen molar-refractivity contribution in [1.82, 2.24) is 4.98 Å². The minimum atomic E-state index is -0.118. The molecule has 0 fully saturated rings. The molecule has 0 aliphatic carbocycles. The molecule has 3 heterocycles. The zero-order valence-corrected chi connectivity index (χ0v) is 16.6. The molecular formula is C21H18N2O2S2. The molecule has 4 aromatic rings. The molecule has 4 nitrogen and oxygen atoms in total. The third-order valence-corrected chi connectivity index (χ3v) is 6.20. The van der Waals surface area contributed by atoms with Gasteiger partial charge in [-0.2, -0.15) is 0 Å². The van der Waals surface area contributed by atoms with E-state index in [2.05, 4.69) is 26.0 Å². The lowest BCUT2D eigenvalue weighted by molar-refractivity contribution is -0.114. The van der Waals surface area contributed by atoms with Crippen molar-refractivity contribution in [3.05, 3.63) is 75.9 Å². The number of hydrogen-bond donors (Lipinski definition) is 0. The molecule has 0 bridgehead atoms. The van der Waals surface area contributed by atoms with Gasteiger partial charge in [0.05, 0.1) is 23.0 Å². The average Bonchev–Trinajstić information content (AvgIpc) is 3.40. The van der Waals surface area contributed by atoms with Crippen LogP contribution in [0.2, 0.25) is 0 Å². The van der Waals surface area contributed by atoms with Gasteiger partial charge in [0.1, 0.15) is 5.76 Å². The van der Waals surface area contributed by atoms with Gasteiger partial charge >= 0.3 is 0 Å². The lowest BCUT2D eigenvalue weighted by atomic mass is 10.1. The summed E-state index contributed by atoms with van der Waals surface area (Å²) in [5.41, 5.74) is 3.33. The van der Waals surface area contributed by atoms with Gasteiger partial charge in [0, 0.05) is 11.0 Å². The number of thiophene rings is 1. The van der Waals surface area contributed by atoms with Gasteiger partial charge in [0.25, 0.3) is 5.91 Å². The van der Waals surface area contributed by atoms with Gasteiger partial charge < -0.3 is 4.42 Å². The third kappa shape index (κ3) is 3.86. The summed E-state index contributed by atoms with van der Waals surface area (Å²) in [5.74, 6) is 0.604. The first kappa shape index (κ1) is 17.7. The van der Waals surface area contributed by atoms with Gasteiger partial charge in [-0.25, -0.2) is 4.98 Å². The SMILES string of the molecule is Cc1cc2nc(N(Cc3ccco3)C(=O)/C=C/c3cccs3)sc2cc1C. The molecule has 0 saturated heterocycles. The number of rotatable bonds is 5. The van der Waals surface area contributed by atoms with Gasteiger partial charge in [-0.15, -0.1) is 11.3 Å². The topological polar surface area (TPSA) is 46.3 Å². The summed E-state index contributed by atoms with van der Waals surface area (Å²) < 4.78 is 6.54. The molecule has 136 valence electrons. The summed E-state index contributed by atoms with van der Waals surface area (Å²) in [6.45, 7) is 4.51. The molecule has 27 heavy (non-hydrogen) atoms. The molecule has 4 rings (SSSR count). The monoisotopic (exact) mass is 394 g/mol. The highest BCUT2D eigenvalue weighted by Gasteiger charge is 2.20. The Bertz CT molecular complexity index is 1050. The number of aromatic nitrogens is 1. The second kappa shape index (κ2) is 7.50. The van der Waals surface area contributed by atoms with Gasteiger partial charge in [0.2, 0.25) is 0 Å². The molecule has 1 amide bonds. The van der Waals surface area contributed by atoms with Crippen LogP contribution in [0.5, 0.6) is 0 Å². The van der Waals surface area contributed by atoms with Crippen molar-refractivity contribution >= 4 is 50.0 Å². The molecule has 0 unspecified atom stereocenters. The lowest BCUT2D eigenvalue weighted by Crippen LogP contribution is -2.28. The number of benzene rings is 1. The number of carbonyl (C=O) groups excluding carboxylic acids is 1. The Morgan fingerprint density at radius 3 is 2.81 bits per heavy atom. The van der Waals surface area contributed by atoms with Crippen LogP contribution < -0.4 is 4.90 Å². The molecule has 0 spiro atoms. The Labute approximate surface area is 165 Å². The van der Waals surface area contributed by atoms with Crippen LogP contribution in [0.1, 0.15) is 21.8 Å². The number of anilines is 1. The Morgan fingerprint density at radius 1 is 1.22 bits per heavy atom. The molecule has 0 saturated carbocycles. The standard InChI is InChI=1S/C21H18N2O2S2/c1-14-11-18-19(12-15(14)2)27-21(22-18)23(13-16-5-3-9-25-16)20(24)8-7-17-6-4-10-26-17/h3-12H,13H2,1-2H3/b8-7+. The maximum absolute atomic E-state index is 12.9. The number of furan rings is 1. The van der Waals surface area contributed by atoms with E-state index in [0.717, 1.165) is 20.9 Å². The van der Waals surface area contributed by atoms with Crippen molar-refractivity contribution in [2.24, 2.45) is 0 Å². The second-order valence-corrected chi connectivity index (χ2v) is 8.24. The number of aryl methyl sites for hydroxylation is 2. The Hall–Kier alpha value is -2.70. The van der Waals surface area contributed by atoms with E-state index < -0.39 is 0 Å². The van der Waals surface area contributed by atoms with E-state index in [1.165, 1.54) is 22.5 Å². The fraction of sp³-hybridized carbons (Fsp3) is 0.143. The van der Waals surface area contributed by atoms with Crippen molar-refractivity contribution < 1.29 is 9.21 Å². The maximum atomic E-state index is 12.9. The van der Waals surface area contributed by atoms with Crippen molar-refractivity contribution in [2.75, 3.05) is 4.90 Å². The van der Waals surface area contributed by atoms with Gasteiger partial charge in [-0.3, -0.25) is 9.69 Å². The highest BCUT2D eigenvalue weighted by molar-refractivity contribution is 7.22. The van der Waals surface area contributed by atoms with Crippen LogP contribution in [0.25, 0.3) is 16.3 Å². The Morgan fingerprint density at radius 2 is 2.07 bits per heavy atom. The highest BCUT2D eigenvalue weighted by atomic mass is 32.1. The Kier molecular flexibility index (Phi) is 4.92. The van der Waals surface area contributed by atoms with Crippen LogP contribution in [0.3, 0.4) is 0 Å². The number of thiazole rings is 1. The predicted octanol–water partition coefficient (Wildman–Crippen LogP) is 5.81. The molecule has 0 radical (unpaired) electrons. The summed E-state index contributed by atoms with van der Waals surface area (Å²) in [7, 11) is 0. The molecule has 0 aliphatic heterocycles. The van der Waals surface area contributed by atoms with Crippen LogP contribution in [-0.4, -0.2) is 10.9 Å². The zero-order chi connectivity index (χ0) is 18.8. The van der Waals surface area contributed by atoms with E-state index in [0.29, 0.717) is 11.7 Å². The quantitative estimate of drug-likeness (QED) is 0.401. The van der Waals surface area contributed by atoms with E-state index in [1.807, 2.05) is 35.7 Å². The lowest BCUT2D eigenvalue weighted by Gasteiger charge is -2.16. The first-order valence-electron chi connectivity index (χ1n) is 8.53. The largest absolute Gasteiger partial charge is 0.467 e. The first-order chi connectivity index (χ1) is 13.1. The number of hydrogen-bond acceptors (Lipinski definition) is 5. The average molecular weight is 395 g/mol. The number of amides is 1. The fourth-order valence-corrected chi connectivity index (χ4v) is 4.38. The van der Waals surface area contributed by atoms with E-state index >= 15 is 0 Å². The predicted molar refractivity (Wildman–Crippen MR) is 112 cm³/mol. The molecule has 3 aromatic heterocycles. The first-order valence-corrected chi connectivity index (χ1v) is 10.2. The van der Waals surface area contributed by atoms with Gasteiger partial charge in [0.15, 0.2) is 5.13 Å². The van der Waals surface area contributed by atoms with E-state index in [-0.39, 0.29) is 5.91 Å². The molecule has 6 heteroatoms. The Balaban J connectivity index is 1.69. The number of nitrogens with zero attached hydrogens (tertiary/aromatic N) is 2. The van der Waals surface area contributed by atoms with Gasteiger partial charge in [-0.05, 0) is 66.8 Å². The van der Waals surface area contributed by atoms with E-state index in [4.69, 9.17) is 9.40 Å². The molecule has 0 aliphatic rings. The van der Waals surface area contributed by atoms with Crippen molar-refractivity contribution in [3.8, 4) is 0 Å². The van der Waals surface area contributed by atoms with Crippen LogP contribution in [0.4, 0.5) is 5.13 Å². The van der Waals surface area contributed by atoms with Crippen molar-refractivity contribution in [3.63, 3.8) is 0 Å². The molecule has 0 atom stereocenters. The van der Waals surface area contributed by atoms with Crippen molar-refractivity contribution in [1.29, 1.82) is 0 Å². The fourth-order valence-electron chi connectivity index (χ4n) is 2.71. The summed E-state index contributed by atoms with van der Waals surface area (Å²) in [5, 5.41) is 2.66. The van der Waals surface area contributed by atoms with Gasteiger partial charge in [-0.1, -0.05) is 17.4 Å². The molecule has 1 aromatic carbocycles. The van der Waals surface area contributed by atoms with Crippen LogP contribution >= 0.6 is 22.7 Å². The van der Waals surface area contributed by atoms with Crippen LogP contribution in [0, 0.1) is 13.8 Å².